The molecule has 0 spiro atoms. The zero-order chi connectivity index (χ0) is 5.11. The summed E-state index contributed by atoms with van der Waals surface area (Å²) < 4.78 is 1.02. The summed E-state index contributed by atoms with van der Waals surface area (Å²) in [6.07, 6.45) is 7.31. The summed E-state index contributed by atoms with van der Waals surface area (Å²) in [5, 5.41) is 0. The van der Waals surface area contributed by atoms with Crippen LogP contribution in [0.5, 0.6) is 0 Å². The van der Waals surface area contributed by atoms with E-state index < -0.39 is 0 Å². The number of halogens is 1. The molecule has 1 rings (SSSR count). The summed E-state index contributed by atoms with van der Waals surface area (Å²) >= 11 is 3.25. The van der Waals surface area contributed by atoms with Gasteiger partial charge in [0.1, 0.15) is 0 Å². The first-order valence-corrected chi connectivity index (χ1v) is 2.74. The normalized spacial score (nSPS) is 17.0. The van der Waals surface area contributed by atoms with Gasteiger partial charge in [-0.15, -0.1) is 0 Å². The Kier molecular flexibility index (Phi) is 1.42. The van der Waals surface area contributed by atoms with E-state index in [-0.39, 0.29) is 0 Å². The molecule has 7 heavy (non-hydrogen) atoms. The minimum absolute atomic E-state index is 1.02. The van der Waals surface area contributed by atoms with E-state index in [1.54, 1.807) is 12.4 Å². The van der Waals surface area contributed by atoms with Gasteiger partial charge in [0.25, 0.3) is 6.21 Å². The van der Waals surface area contributed by atoms with E-state index in [9.17, 15) is 0 Å². The monoisotopic (exact) mass is 157 g/mol. The van der Waals surface area contributed by atoms with Crippen molar-refractivity contribution < 1.29 is 0 Å². The molecule has 0 saturated carbocycles. The zero-order valence-electron chi connectivity index (χ0n) is 3.63. The molecule has 2 heteroatoms. The summed E-state index contributed by atoms with van der Waals surface area (Å²) in [6.45, 7) is 0. The Hall–Kier alpha value is -0.370. The van der Waals surface area contributed by atoms with Crippen molar-refractivity contribution in [2.75, 3.05) is 0 Å². The Labute approximate surface area is 50.6 Å². The van der Waals surface area contributed by atoms with Gasteiger partial charge in [0.15, 0.2) is 0 Å². The fourth-order valence-corrected chi connectivity index (χ4v) is 0.613. The molecule has 1 heterocycles. The lowest BCUT2D eigenvalue weighted by atomic mass is 10.4. The topological polar surface area (TPSA) is 14.1 Å². The van der Waals surface area contributed by atoms with Crippen molar-refractivity contribution in [3.8, 4) is 0 Å². The first-order chi connectivity index (χ1) is 3.39. The zero-order valence-corrected chi connectivity index (χ0v) is 5.22. The van der Waals surface area contributed by atoms with Crippen LogP contribution in [0.15, 0.2) is 22.8 Å². The van der Waals surface area contributed by atoms with Crippen molar-refractivity contribution >= 4 is 22.1 Å². The van der Waals surface area contributed by atoms with Crippen LogP contribution in [-0.2, 0) is 0 Å². The molecule has 0 unspecified atom stereocenters. The number of aliphatic imine (C=N–C) groups is 1. The molecular formula is C5H4BrN+. The fraction of sp³-hybridized carbons (Fsp3) is 0. The third kappa shape index (κ3) is 1.27. The maximum atomic E-state index is 3.84. The van der Waals surface area contributed by atoms with Crippen molar-refractivity contribution in [3.63, 3.8) is 0 Å². The molecule has 0 N–H and O–H groups in total. The van der Waals surface area contributed by atoms with E-state index >= 15 is 0 Å². The predicted molar refractivity (Wildman–Crippen MR) is 34.3 cm³/mol. The van der Waals surface area contributed by atoms with Gasteiger partial charge >= 0.3 is 0 Å². The van der Waals surface area contributed by atoms with Crippen LogP contribution < -0.4 is 4.99 Å². The van der Waals surface area contributed by atoms with E-state index in [1.807, 2.05) is 12.2 Å². The van der Waals surface area contributed by atoms with Gasteiger partial charge in [0, 0.05) is 6.08 Å². The maximum Gasteiger partial charge on any atom is 0.256 e. The van der Waals surface area contributed by atoms with E-state index in [0.717, 1.165) is 4.48 Å². The van der Waals surface area contributed by atoms with Gasteiger partial charge in [-0.25, -0.2) is 0 Å². The van der Waals surface area contributed by atoms with Crippen LogP contribution in [0.1, 0.15) is 0 Å². The van der Waals surface area contributed by atoms with Crippen LogP contribution in [0.2, 0.25) is 0 Å². The molecule has 35 valence electrons. The van der Waals surface area contributed by atoms with Crippen molar-refractivity contribution in [2.45, 2.75) is 0 Å². The number of nitrogens with zero attached hydrogens (tertiary/aromatic N) is 1. The van der Waals surface area contributed by atoms with E-state index in [2.05, 4.69) is 20.9 Å². The van der Waals surface area contributed by atoms with Crippen LogP contribution in [0, 0.1) is 0 Å². The minimum Gasteiger partial charge on any atom is -0.0440 e. The van der Waals surface area contributed by atoms with E-state index in [0.29, 0.717) is 0 Å². The quantitative estimate of drug-likeness (QED) is 0.502. The molecule has 0 bridgehead atoms. The Balaban J connectivity index is 2.82. The van der Waals surface area contributed by atoms with Gasteiger partial charge in [0.2, 0.25) is 6.20 Å². The molecule has 1 aliphatic heterocycles. The molecular weight excluding hydrogens is 154 g/mol. The first-order valence-electron chi connectivity index (χ1n) is 1.95. The van der Waals surface area contributed by atoms with Crippen LogP contribution in [0.4, 0.5) is 0 Å². The minimum atomic E-state index is 1.02. The van der Waals surface area contributed by atoms with Gasteiger partial charge in [-0.05, 0) is 22.0 Å². The van der Waals surface area contributed by atoms with Crippen molar-refractivity contribution in [2.24, 2.45) is 0 Å². The molecule has 1 aliphatic rings. The van der Waals surface area contributed by atoms with Crippen molar-refractivity contribution in [3.05, 3.63) is 22.8 Å². The van der Waals surface area contributed by atoms with Crippen molar-refractivity contribution in [1.29, 1.82) is 0 Å². The van der Waals surface area contributed by atoms with E-state index in [4.69, 9.17) is 0 Å². The lowest BCUT2D eigenvalue weighted by molar-refractivity contribution is 1.39. The second kappa shape index (κ2) is 2.07. The summed E-state index contributed by atoms with van der Waals surface area (Å²) in [6, 6.07) is 0. The lowest BCUT2D eigenvalue weighted by Crippen LogP contribution is -1.85. The summed E-state index contributed by atoms with van der Waals surface area (Å²) in [7, 11) is 0. The number of hydrogen-bond donors (Lipinski definition) is 0. The summed E-state index contributed by atoms with van der Waals surface area (Å²) in [5.41, 5.74) is 0. The molecule has 0 aromatic rings. The van der Waals surface area contributed by atoms with E-state index in [1.165, 1.54) is 0 Å². The molecule has 0 amide bonds. The van der Waals surface area contributed by atoms with Crippen molar-refractivity contribution in [1.82, 2.24) is 4.99 Å². The number of rotatable bonds is 0. The second-order valence-electron chi connectivity index (χ2n) is 1.17. The average Bonchev–Trinajstić information content (AvgIpc) is 1.69. The molecule has 0 atom stereocenters. The molecule has 0 fully saturated rings. The Morgan fingerprint density at radius 3 is 2.71 bits per heavy atom. The van der Waals surface area contributed by atoms with Gasteiger partial charge in [-0.3, -0.25) is 0 Å². The Bertz CT molecular complexity index is 144. The molecule has 0 aromatic heterocycles. The third-order valence-electron chi connectivity index (χ3n) is 0.625. The highest BCUT2D eigenvalue weighted by atomic mass is 79.9. The fourth-order valence-electron chi connectivity index (χ4n) is 0.342. The maximum absolute atomic E-state index is 3.84. The molecule has 1 radical (unpaired) electrons. The number of allylic oxidation sites excluding steroid dienone is 3. The highest BCUT2D eigenvalue weighted by Gasteiger charge is 1.94. The third-order valence-corrected chi connectivity index (χ3v) is 1.09. The lowest BCUT2D eigenvalue weighted by Gasteiger charge is -1.75. The Morgan fingerprint density at radius 1 is 1.57 bits per heavy atom. The van der Waals surface area contributed by atoms with Gasteiger partial charge in [-0.2, -0.15) is 0 Å². The molecule has 1 nitrogen and oxygen atoms in total. The highest BCUT2D eigenvalue weighted by molar-refractivity contribution is 9.12. The first kappa shape index (κ1) is 4.78. The second-order valence-corrected chi connectivity index (χ2v) is 2.09. The molecule has 0 saturated heterocycles. The van der Waals surface area contributed by atoms with Crippen LogP contribution in [-0.4, -0.2) is 6.21 Å². The molecule has 0 aliphatic carbocycles. The average molecular weight is 158 g/mol. The highest BCUT2D eigenvalue weighted by Crippen LogP contribution is 2.00. The summed E-state index contributed by atoms with van der Waals surface area (Å²) in [5.74, 6) is 0. The number of hydrogen-bond acceptors (Lipinski definition) is 1. The largest absolute Gasteiger partial charge is 0.256 e. The standard InChI is InChI=1S/C5H4BrN/c6-5-2-1-3-7-4-5/h1-4H/q+1. The Morgan fingerprint density at radius 2 is 2.43 bits per heavy atom. The van der Waals surface area contributed by atoms with Gasteiger partial charge < -0.3 is 0 Å². The molecule has 0 aromatic carbocycles. The summed E-state index contributed by atoms with van der Waals surface area (Å²) in [4.78, 5) is 3.84. The van der Waals surface area contributed by atoms with Gasteiger partial charge in [0.05, 0.1) is 9.47 Å². The smallest absolute Gasteiger partial charge is 0.0440 e. The SMILES string of the molecule is BrC1=CC=C[N+]=C1. The predicted octanol–water partition coefficient (Wildman–Crippen LogP) is 1.20. The van der Waals surface area contributed by atoms with Crippen LogP contribution >= 0.6 is 15.9 Å². The van der Waals surface area contributed by atoms with Gasteiger partial charge in [-0.1, -0.05) is 0 Å². The van der Waals surface area contributed by atoms with Crippen LogP contribution in [0.3, 0.4) is 0 Å². The van der Waals surface area contributed by atoms with Crippen LogP contribution in [0.25, 0.3) is 0 Å².